The van der Waals surface area contributed by atoms with Gasteiger partial charge in [0.2, 0.25) is 0 Å². The van der Waals surface area contributed by atoms with Crippen molar-refractivity contribution in [3.63, 3.8) is 0 Å². The smallest absolute Gasteiger partial charge is 0.307 e. The van der Waals surface area contributed by atoms with Crippen LogP contribution in [-0.2, 0) is 19.1 Å². The lowest BCUT2D eigenvalue weighted by Crippen LogP contribution is -2.45. The highest BCUT2D eigenvalue weighted by Crippen LogP contribution is 2.03. The molecule has 1 atom stereocenters. The van der Waals surface area contributed by atoms with E-state index in [1.54, 1.807) is 0 Å². The Morgan fingerprint density at radius 1 is 1.04 bits per heavy atom. The molecule has 0 saturated carbocycles. The zero-order valence-corrected chi connectivity index (χ0v) is 17.5. The van der Waals surface area contributed by atoms with Gasteiger partial charge in [-0.3, -0.25) is 9.59 Å². The number of unbranched alkanes of at least 4 members (excludes halogenated alkanes) is 1. The number of piperazine rings is 1. The van der Waals surface area contributed by atoms with Crippen LogP contribution in [0.1, 0.15) is 52.4 Å². The normalized spacial score (nSPS) is 16.9. The Morgan fingerprint density at radius 2 is 1.78 bits per heavy atom. The van der Waals surface area contributed by atoms with Crippen LogP contribution in [0, 0.1) is 0 Å². The van der Waals surface area contributed by atoms with E-state index < -0.39 is 0 Å². The largest absolute Gasteiger partial charge is 0.466 e. The van der Waals surface area contributed by atoms with Crippen LogP contribution in [-0.4, -0.2) is 87.3 Å². The summed E-state index contributed by atoms with van der Waals surface area (Å²) in [6.07, 6.45) is 4.08. The quantitative estimate of drug-likeness (QED) is 0.360. The maximum atomic E-state index is 11.8. The Balaban J connectivity index is 1.93. The van der Waals surface area contributed by atoms with E-state index in [0.717, 1.165) is 58.5 Å². The molecule has 0 radical (unpaired) electrons. The summed E-state index contributed by atoms with van der Waals surface area (Å²) >= 11 is 0. The van der Waals surface area contributed by atoms with Gasteiger partial charge >= 0.3 is 11.9 Å². The van der Waals surface area contributed by atoms with Gasteiger partial charge in [0, 0.05) is 45.6 Å². The van der Waals surface area contributed by atoms with E-state index in [9.17, 15) is 9.59 Å². The van der Waals surface area contributed by atoms with Gasteiger partial charge in [-0.05, 0) is 39.9 Å². The Bertz CT molecular complexity index is 412. The van der Waals surface area contributed by atoms with Crippen LogP contribution in [0.4, 0.5) is 0 Å². The SMILES string of the molecule is CCCCC(=O)OCCC(C)OC(=O)CCNCCCN1CCN(C)CC1. The molecule has 27 heavy (non-hydrogen) atoms. The molecular weight excluding hydrogens is 346 g/mol. The number of ether oxygens (including phenoxy) is 2. The summed E-state index contributed by atoms with van der Waals surface area (Å²) in [7, 11) is 2.17. The highest BCUT2D eigenvalue weighted by molar-refractivity contribution is 5.70. The molecule has 1 aliphatic heterocycles. The van der Waals surface area contributed by atoms with Crippen molar-refractivity contribution < 1.29 is 19.1 Å². The van der Waals surface area contributed by atoms with Gasteiger partial charge in [-0.15, -0.1) is 0 Å². The second-order valence-corrected chi connectivity index (χ2v) is 7.41. The standard InChI is InChI=1S/C20H39N3O4/c1-4-5-7-19(24)26-17-9-18(2)27-20(25)8-11-21-10-6-12-23-15-13-22(3)14-16-23/h18,21H,4-17H2,1-3H3. The maximum Gasteiger partial charge on any atom is 0.307 e. The minimum atomic E-state index is -0.228. The van der Waals surface area contributed by atoms with Gasteiger partial charge in [0.1, 0.15) is 6.10 Å². The summed E-state index contributed by atoms with van der Waals surface area (Å²) in [6.45, 7) is 11.4. The number of hydrogen-bond donors (Lipinski definition) is 1. The number of hydrogen-bond acceptors (Lipinski definition) is 7. The van der Waals surface area contributed by atoms with Crippen LogP contribution in [0.25, 0.3) is 0 Å². The molecule has 158 valence electrons. The summed E-state index contributed by atoms with van der Waals surface area (Å²) in [4.78, 5) is 28.1. The minimum absolute atomic E-state index is 0.170. The summed E-state index contributed by atoms with van der Waals surface area (Å²) in [5.74, 6) is -0.373. The average Bonchev–Trinajstić information content (AvgIpc) is 2.64. The van der Waals surface area contributed by atoms with E-state index >= 15 is 0 Å². The fraction of sp³-hybridized carbons (Fsp3) is 0.900. The lowest BCUT2D eigenvalue weighted by molar-refractivity contribution is -0.150. The number of rotatable bonds is 14. The third kappa shape index (κ3) is 12.8. The van der Waals surface area contributed by atoms with Gasteiger partial charge in [-0.1, -0.05) is 13.3 Å². The first kappa shape index (κ1) is 23.9. The van der Waals surface area contributed by atoms with Crippen LogP contribution >= 0.6 is 0 Å². The molecule has 0 amide bonds. The molecule has 0 aromatic carbocycles. The van der Waals surface area contributed by atoms with Crippen molar-refractivity contribution >= 4 is 11.9 Å². The molecule has 1 unspecified atom stereocenters. The Morgan fingerprint density at radius 3 is 2.48 bits per heavy atom. The summed E-state index contributed by atoms with van der Waals surface area (Å²) in [5.41, 5.74) is 0. The number of nitrogens with zero attached hydrogens (tertiary/aromatic N) is 2. The lowest BCUT2D eigenvalue weighted by Gasteiger charge is -2.32. The zero-order valence-electron chi connectivity index (χ0n) is 17.5. The van der Waals surface area contributed by atoms with E-state index in [4.69, 9.17) is 9.47 Å². The molecular formula is C20H39N3O4. The maximum absolute atomic E-state index is 11.8. The van der Waals surface area contributed by atoms with Crippen LogP contribution < -0.4 is 5.32 Å². The number of nitrogens with one attached hydrogen (secondary N) is 1. The Kier molecular flexibility index (Phi) is 13.1. The fourth-order valence-electron chi connectivity index (χ4n) is 2.89. The first-order valence-corrected chi connectivity index (χ1v) is 10.5. The first-order valence-electron chi connectivity index (χ1n) is 10.5. The molecule has 7 nitrogen and oxygen atoms in total. The number of carbonyl (C=O) groups excluding carboxylic acids is 2. The van der Waals surface area contributed by atoms with Crippen LogP contribution in [0.15, 0.2) is 0 Å². The van der Waals surface area contributed by atoms with E-state index in [1.807, 2.05) is 13.8 Å². The second kappa shape index (κ2) is 14.8. The van der Waals surface area contributed by atoms with Crippen molar-refractivity contribution in [1.29, 1.82) is 0 Å². The molecule has 1 rings (SSSR count). The van der Waals surface area contributed by atoms with Crippen molar-refractivity contribution in [1.82, 2.24) is 15.1 Å². The van der Waals surface area contributed by atoms with E-state index in [2.05, 4.69) is 22.2 Å². The Hall–Kier alpha value is -1.18. The number of carbonyl (C=O) groups is 2. The molecule has 1 heterocycles. The monoisotopic (exact) mass is 385 g/mol. The zero-order chi connectivity index (χ0) is 19.9. The van der Waals surface area contributed by atoms with E-state index in [1.165, 1.54) is 0 Å². The molecule has 1 N–H and O–H groups in total. The van der Waals surface area contributed by atoms with Crippen molar-refractivity contribution in [2.24, 2.45) is 0 Å². The minimum Gasteiger partial charge on any atom is -0.466 e. The van der Waals surface area contributed by atoms with Crippen molar-refractivity contribution in [2.75, 3.05) is 59.5 Å². The molecule has 1 fully saturated rings. The molecule has 0 spiro atoms. The molecule has 0 aromatic rings. The van der Waals surface area contributed by atoms with Gasteiger partial charge < -0.3 is 24.6 Å². The number of esters is 2. The van der Waals surface area contributed by atoms with E-state index in [-0.39, 0.29) is 18.0 Å². The van der Waals surface area contributed by atoms with Crippen LogP contribution in [0.2, 0.25) is 0 Å². The van der Waals surface area contributed by atoms with Crippen molar-refractivity contribution in [3.8, 4) is 0 Å². The molecule has 1 aliphatic rings. The Labute approximate surface area is 164 Å². The van der Waals surface area contributed by atoms with Crippen LogP contribution in [0.5, 0.6) is 0 Å². The molecule has 0 bridgehead atoms. The van der Waals surface area contributed by atoms with Crippen molar-refractivity contribution in [3.05, 3.63) is 0 Å². The van der Waals surface area contributed by atoms with Crippen LogP contribution in [0.3, 0.4) is 0 Å². The molecule has 0 aromatic heterocycles. The topological polar surface area (TPSA) is 71.1 Å². The predicted octanol–water partition coefficient (Wildman–Crippen LogP) is 1.66. The highest BCUT2D eigenvalue weighted by atomic mass is 16.6. The van der Waals surface area contributed by atoms with Gasteiger partial charge in [-0.2, -0.15) is 0 Å². The second-order valence-electron chi connectivity index (χ2n) is 7.41. The first-order chi connectivity index (χ1) is 13.0. The van der Waals surface area contributed by atoms with Gasteiger partial charge in [0.15, 0.2) is 0 Å². The summed E-state index contributed by atoms with van der Waals surface area (Å²) in [6, 6.07) is 0. The third-order valence-electron chi connectivity index (χ3n) is 4.78. The lowest BCUT2D eigenvalue weighted by atomic mass is 10.2. The van der Waals surface area contributed by atoms with Gasteiger partial charge in [0.05, 0.1) is 13.0 Å². The molecule has 1 saturated heterocycles. The van der Waals surface area contributed by atoms with E-state index in [0.29, 0.717) is 32.4 Å². The fourth-order valence-corrected chi connectivity index (χ4v) is 2.89. The molecule has 0 aliphatic carbocycles. The number of likely N-dealkylation sites (N-methyl/N-ethyl adjacent to an activating group) is 1. The highest BCUT2D eigenvalue weighted by Gasteiger charge is 2.13. The summed E-state index contributed by atoms with van der Waals surface area (Å²) < 4.78 is 10.5. The van der Waals surface area contributed by atoms with Crippen molar-refractivity contribution in [2.45, 2.75) is 58.5 Å². The molecule has 7 heteroatoms. The third-order valence-corrected chi connectivity index (χ3v) is 4.78. The van der Waals surface area contributed by atoms with Gasteiger partial charge in [-0.25, -0.2) is 0 Å². The summed E-state index contributed by atoms with van der Waals surface area (Å²) in [5, 5.41) is 3.31. The van der Waals surface area contributed by atoms with Gasteiger partial charge in [0.25, 0.3) is 0 Å². The average molecular weight is 386 g/mol. The predicted molar refractivity (Wildman–Crippen MR) is 107 cm³/mol.